The molecule has 2 N–H and O–H groups in total. The molecule has 8 heteroatoms. The molecule has 0 saturated carbocycles. The number of H-pyrrole nitrogens is 1. The van der Waals surface area contributed by atoms with Crippen molar-refractivity contribution in [1.82, 2.24) is 4.98 Å². The summed E-state index contributed by atoms with van der Waals surface area (Å²) in [4.78, 5) is 31.4. The Hall–Kier alpha value is -4.72. The second-order valence-corrected chi connectivity index (χ2v) is 8.46. The van der Waals surface area contributed by atoms with Crippen molar-refractivity contribution in [2.45, 2.75) is 13.0 Å². The number of ketones is 1. The van der Waals surface area contributed by atoms with Crippen LogP contribution in [0.15, 0.2) is 78.5 Å². The standard InChI is InChI=1S/C28H22N2O6/c1-2-34-18-10-7-16(8-11-18)25-24(26(31)20-14-29-21-6-4-3-5-19(20)21)27(32)28(33)30(25)17-9-12-22-23(13-17)36-15-35-22/h3-14,25,29,31H,2,15H2,1H3/b26-24-. The molecule has 3 aromatic carbocycles. The number of aliphatic hydroxyl groups is 1. The van der Waals surface area contributed by atoms with Gasteiger partial charge in [-0.1, -0.05) is 30.3 Å². The van der Waals surface area contributed by atoms with Gasteiger partial charge in [0.15, 0.2) is 11.5 Å². The van der Waals surface area contributed by atoms with Crippen LogP contribution in [0.2, 0.25) is 0 Å². The number of para-hydroxylation sites is 1. The Morgan fingerprint density at radius 1 is 1.06 bits per heavy atom. The average molecular weight is 482 g/mol. The lowest BCUT2D eigenvalue weighted by Crippen LogP contribution is -2.29. The van der Waals surface area contributed by atoms with Crippen LogP contribution < -0.4 is 19.1 Å². The summed E-state index contributed by atoms with van der Waals surface area (Å²) in [7, 11) is 0. The van der Waals surface area contributed by atoms with E-state index in [4.69, 9.17) is 14.2 Å². The number of carbonyl (C=O) groups excluding carboxylic acids is 2. The van der Waals surface area contributed by atoms with E-state index in [1.807, 2.05) is 31.2 Å². The van der Waals surface area contributed by atoms with Crippen molar-refractivity contribution in [2.24, 2.45) is 0 Å². The quantitative estimate of drug-likeness (QED) is 0.238. The Morgan fingerprint density at radius 2 is 1.83 bits per heavy atom. The minimum Gasteiger partial charge on any atom is -0.507 e. The van der Waals surface area contributed by atoms with E-state index in [0.717, 1.165) is 10.9 Å². The van der Waals surface area contributed by atoms with Gasteiger partial charge in [-0.15, -0.1) is 0 Å². The van der Waals surface area contributed by atoms with Gasteiger partial charge in [-0.3, -0.25) is 14.5 Å². The summed E-state index contributed by atoms with van der Waals surface area (Å²) in [5, 5.41) is 12.2. The maximum absolute atomic E-state index is 13.4. The highest BCUT2D eigenvalue weighted by Gasteiger charge is 2.47. The first-order valence-corrected chi connectivity index (χ1v) is 11.6. The molecule has 8 nitrogen and oxygen atoms in total. The number of aliphatic hydroxyl groups excluding tert-OH is 1. The third-order valence-electron chi connectivity index (χ3n) is 6.43. The van der Waals surface area contributed by atoms with Crippen LogP contribution in [0.5, 0.6) is 17.2 Å². The van der Waals surface area contributed by atoms with Crippen molar-refractivity contribution in [3.63, 3.8) is 0 Å². The highest BCUT2D eigenvalue weighted by Crippen LogP contribution is 2.45. The van der Waals surface area contributed by atoms with E-state index in [-0.39, 0.29) is 18.1 Å². The molecule has 1 unspecified atom stereocenters. The third kappa shape index (κ3) is 3.38. The summed E-state index contributed by atoms with van der Waals surface area (Å²) < 4.78 is 16.5. The highest BCUT2D eigenvalue weighted by atomic mass is 16.7. The molecule has 1 fully saturated rings. The zero-order chi connectivity index (χ0) is 24.8. The van der Waals surface area contributed by atoms with E-state index >= 15 is 0 Å². The summed E-state index contributed by atoms with van der Waals surface area (Å²) in [6, 6.07) is 18.8. The maximum Gasteiger partial charge on any atom is 0.300 e. The number of nitrogens with zero attached hydrogens (tertiary/aromatic N) is 1. The lowest BCUT2D eigenvalue weighted by Gasteiger charge is -2.25. The lowest BCUT2D eigenvalue weighted by molar-refractivity contribution is -0.132. The molecular formula is C28H22N2O6. The van der Waals surface area contributed by atoms with E-state index in [0.29, 0.717) is 40.7 Å². The molecule has 0 spiro atoms. The number of benzene rings is 3. The number of carbonyl (C=O) groups is 2. The van der Waals surface area contributed by atoms with Gasteiger partial charge in [0.2, 0.25) is 6.79 Å². The SMILES string of the molecule is CCOc1ccc(C2/C(=C(/O)c3c[nH]c4ccccc34)C(=O)C(=O)N2c2ccc3c(c2)OCO3)cc1. The van der Waals surface area contributed by atoms with E-state index in [1.165, 1.54) is 4.90 Å². The molecular weight excluding hydrogens is 460 g/mol. The number of fused-ring (bicyclic) bond motifs is 2. The summed E-state index contributed by atoms with van der Waals surface area (Å²) in [6.07, 6.45) is 1.64. The van der Waals surface area contributed by atoms with Crippen LogP contribution in [0, 0.1) is 0 Å². The van der Waals surface area contributed by atoms with E-state index in [1.54, 1.807) is 48.7 Å². The minimum absolute atomic E-state index is 0.00609. The number of hydrogen-bond acceptors (Lipinski definition) is 6. The molecule has 6 rings (SSSR count). The van der Waals surface area contributed by atoms with Gasteiger partial charge in [-0.05, 0) is 42.8 Å². The maximum atomic E-state index is 13.4. The number of anilines is 1. The molecule has 0 aliphatic carbocycles. The fourth-order valence-electron chi connectivity index (χ4n) is 4.77. The van der Waals surface area contributed by atoms with Crippen molar-refractivity contribution in [1.29, 1.82) is 0 Å². The van der Waals surface area contributed by atoms with E-state index in [2.05, 4.69) is 4.98 Å². The number of amides is 1. The largest absolute Gasteiger partial charge is 0.507 e. The van der Waals surface area contributed by atoms with Gasteiger partial charge in [0.25, 0.3) is 11.7 Å². The molecule has 180 valence electrons. The van der Waals surface area contributed by atoms with Crippen molar-refractivity contribution < 1.29 is 28.9 Å². The van der Waals surface area contributed by atoms with Crippen LogP contribution in [0.25, 0.3) is 16.7 Å². The number of Topliss-reactive ketones (excluding diaryl/α,β-unsaturated/α-hetero) is 1. The minimum atomic E-state index is -0.866. The fraction of sp³-hybridized carbons (Fsp3) is 0.143. The molecule has 2 aliphatic heterocycles. The lowest BCUT2D eigenvalue weighted by atomic mass is 9.95. The normalized spacial score (nSPS) is 18.2. The molecule has 4 aromatic rings. The zero-order valence-electron chi connectivity index (χ0n) is 19.4. The Morgan fingerprint density at radius 3 is 2.64 bits per heavy atom. The summed E-state index contributed by atoms with van der Waals surface area (Å²) in [5.41, 5.74) is 2.37. The van der Waals surface area contributed by atoms with Gasteiger partial charge in [-0.25, -0.2) is 0 Å². The number of aromatic amines is 1. The van der Waals surface area contributed by atoms with E-state index in [9.17, 15) is 14.7 Å². The summed E-state index contributed by atoms with van der Waals surface area (Å²) >= 11 is 0. The van der Waals surface area contributed by atoms with Crippen LogP contribution in [0.4, 0.5) is 5.69 Å². The molecule has 1 aromatic heterocycles. The Bertz CT molecular complexity index is 1540. The predicted octanol–water partition coefficient (Wildman–Crippen LogP) is 4.92. The van der Waals surface area contributed by atoms with E-state index < -0.39 is 17.7 Å². The summed E-state index contributed by atoms with van der Waals surface area (Å²) in [5.74, 6) is -0.0440. The first-order valence-electron chi connectivity index (χ1n) is 11.6. The Kier molecular flexibility index (Phi) is 5.14. The average Bonchev–Trinajstić information content (AvgIpc) is 3.61. The number of hydrogen-bond donors (Lipinski definition) is 2. The fourth-order valence-corrected chi connectivity index (χ4v) is 4.77. The number of aromatic nitrogens is 1. The topological polar surface area (TPSA) is 101 Å². The van der Waals surface area contributed by atoms with Crippen molar-refractivity contribution in [3.05, 3.63) is 89.6 Å². The second kappa shape index (κ2) is 8.49. The van der Waals surface area contributed by atoms with Gasteiger partial charge in [0.1, 0.15) is 11.5 Å². The van der Waals surface area contributed by atoms with Crippen LogP contribution >= 0.6 is 0 Å². The molecule has 3 heterocycles. The number of rotatable bonds is 5. The molecule has 0 radical (unpaired) electrons. The number of ether oxygens (including phenoxy) is 3. The van der Waals surface area contributed by atoms with Crippen molar-refractivity contribution in [3.8, 4) is 17.2 Å². The molecule has 2 aliphatic rings. The second-order valence-electron chi connectivity index (χ2n) is 8.46. The third-order valence-corrected chi connectivity index (χ3v) is 6.43. The van der Waals surface area contributed by atoms with Crippen LogP contribution in [0.3, 0.4) is 0 Å². The zero-order valence-corrected chi connectivity index (χ0v) is 19.4. The van der Waals surface area contributed by atoms with Crippen LogP contribution in [-0.2, 0) is 9.59 Å². The van der Waals surface area contributed by atoms with Gasteiger partial charge in [0.05, 0.1) is 18.2 Å². The molecule has 1 amide bonds. The monoisotopic (exact) mass is 482 g/mol. The van der Waals surface area contributed by atoms with Gasteiger partial charge in [-0.2, -0.15) is 0 Å². The first-order chi connectivity index (χ1) is 17.6. The summed E-state index contributed by atoms with van der Waals surface area (Å²) in [6.45, 7) is 2.49. The van der Waals surface area contributed by atoms with Crippen molar-refractivity contribution in [2.75, 3.05) is 18.3 Å². The van der Waals surface area contributed by atoms with Crippen LogP contribution in [0.1, 0.15) is 24.1 Å². The van der Waals surface area contributed by atoms with Gasteiger partial charge in [0, 0.05) is 34.4 Å². The molecule has 1 atom stereocenters. The highest BCUT2D eigenvalue weighted by molar-refractivity contribution is 6.51. The predicted molar refractivity (Wildman–Crippen MR) is 133 cm³/mol. The van der Waals surface area contributed by atoms with Crippen LogP contribution in [-0.4, -0.2) is 35.2 Å². The molecule has 0 bridgehead atoms. The molecule has 36 heavy (non-hydrogen) atoms. The smallest absolute Gasteiger partial charge is 0.300 e. The van der Waals surface area contributed by atoms with Gasteiger partial charge < -0.3 is 24.3 Å². The Balaban J connectivity index is 1.54. The Labute approximate surface area is 206 Å². The number of nitrogens with one attached hydrogen (secondary N) is 1. The van der Waals surface area contributed by atoms with Crippen molar-refractivity contribution >= 4 is 34.0 Å². The van der Waals surface area contributed by atoms with Gasteiger partial charge >= 0.3 is 0 Å². The molecule has 1 saturated heterocycles. The first kappa shape index (κ1) is 21.8.